The number of carbonyl (C=O) groups excluding carboxylic acids is 3. The summed E-state index contributed by atoms with van der Waals surface area (Å²) in [6, 6.07) is -1.00. The lowest BCUT2D eigenvalue weighted by atomic mass is 10.1. The zero-order valence-corrected chi connectivity index (χ0v) is 12.3. The summed E-state index contributed by atoms with van der Waals surface area (Å²) in [6.07, 6.45) is -0.545. The highest BCUT2D eigenvalue weighted by Gasteiger charge is 2.48. The molecular weight excluding hydrogens is 284 g/mol. The van der Waals surface area contributed by atoms with E-state index in [0.717, 1.165) is 0 Å². The number of likely N-dealkylation sites (N-methyl/N-ethyl adjacent to an activating group) is 2. The zero-order valence-electron chi connectivity index (χ0n) is 11.5. The highest BCUT2D eigenvalue weighted by atomic mass is 32.2. The van der Waals surface area contributed by atoms with Crippen LogP contribution in [-0.4, -0.2) is 71.5 Å². The number of carbonyl (C=O) groups is 3. The first-order valence-corrected chi connectivity index (χ1v) is 7.09. The Hall–Kier alpha value is -1.77. The topological polar surface area (TPSA) is 91.3 Å². The molecule has 9 heteroatoms. The summed E-state index contributed by atoms with van der Waals surface area (Å²) in [5, 5.41) is 2.87. The average molecular weight is 300 g/mol. The Labute approximate surface area is 120 Å². The van der Waals surface area contributed by atoms with E-state index in [1.807, 2.05) is 6.92 Å². The summed E-state index contributed by atoms with van der Waals surface area (Å²) in [7, 11) is 2.90. The first-order chi connectivity index (χ1) is 9.49. The molecule has 2 heterocycles. The lowest BCUT2D eigenvalue weighted by Gasteiger charge is -2.35. The van der Waals surface area contributed by atoms with Crippen LogP contribution >= 0.6 is 11.8 Å². The van der Waals surface area contributed by atoms with Crippen molar-refractivity contribution in [2.75, 3.05) is 26.5 Å². The number of nitrogens with one attached hydrogen (secondary N) is 1. The predicted octanol–water partition coefficient (Wildman–Crippen LogP) is -0.540. The van der Waals surface area contributed by atoms with Crippen molar-refractivity contribution in [3.8, 4) is 0 Å². The normalized spacial score (nSPS) is 25.2. The van der Waals surface area contributed by atoms with E-state index in [-0.39, 0.29) is 17.6 Å². The number of urea groups is 1. The molecule has 1 fully saturated rings. The fourth-order valence-electron chi connectivity index (χ4n) is 2.14. The summed E-state index contributed by atoms with van der Waals surface area (Å²) in [5.74, 6) is -0.611. The Morgan fingerprint density at radius 2 is 2.20 bits per heavy atom. The van der Waals surface area contributed by atoms with Crippen molar-refractivity contribution >= 4 is 34.8 Å². The smallest absolute Gasteiger partial charge is 0.325 e. The van der Waals surface area contributed by atoms with E-state index in [2.05, 4.69) is 15.0 Å². The number of rotatable bonds is 3. The number of esters is 1. The van der Waals surface area contributed by atoms with E-state index in [1.54, 1.807) is 11.9 Å². The molecule has 0 aromatic heterocycles. The fraction of sp³-hybridized carbons (Fsp3) is 0.636. The van der Waals surface area contributed by atoms with Crippen LogP contribution in [-0.2, 0) is 14.3 Å². The Morgan fingerprint density at radius 1 is 1.50 bits per heavy atom. The summed E-state index contributed by atoms with van der Waals surface area (Å²) >= 11 is 1.20. The molecule has 2 rings (SSSR count). The number of imide groups is 1. The largest absolute Gasteiger partial charge is 0.468 e. The molecule has 2 aliphatic heterocycles. The van der Waals surface area contributed by atoms with Gasteiger partial charge in [0, 0.05) is 13.6 Å². The van der Waals surface area contributed by atoms with Crippen LogP contribution in [0.3, 0.4) is 0 Å². The number of aliphatic imine (C=N–C) groups is 1. The number of hydrogen-bond donors (Lipinski definition) is 1. The monoisotopic (exact) mass is 300 g/mol. The quantitative estimate of drug-likeness (QED) is 0.704. The van der Waals surface area contributed by atoms with Gasteiger partial charge in [-0.3, -0.25) is 14.9 Å². The van der Waals surface area contributed by atoms with Gasteiger partial charge in [-0.2, -0.15) is 0 Å². The molecule has 110 valence electrons. The highest BCUT2D eigenvalue weighted by molar-refractivity contribution is 8.14. The molecule has 3 amide bonds. The lowest BCUT2D eigenvalue weighted by Crippen LogP contribution is -2.63. The van der Waals surface area contributed by atoms with E-state index in [0.29, 0.717) is 11.7 Å². The third-order valence-corrected chi connectivity index (χ3v) is 4.19. The molecule has 8 nitrogen and oxygen atoms in total. The van der Waals surface area contributed by atoms with Crippen molar-refractivity contribution < 1.29 is 19.1 Å². The van der Waals surface area contributed by atoms with E-state index >= 15 is 0 Å². The van der Waals surface area contributed by atoms with Crippen molar-refractivity contribution in [1.29, 1.82) is 0 Å². The molecule has 0 bridgehead atoms. The van der Waals surface area contributed by atoms with E-state index in [9.17, 15) is 14.4 Å². The van der Waals surface area contributed by atoms with Gasteiger partial charge < -0.3 is 14.5 Å². The van der Waals surface area contributed by atoms with Gasteiger partial charge in [-0.05, 0) is 6.92 Å². The molecule has 0 aliphatic carbocycles. The van der Waals surface area contributed by atoms with Gasteiger partial charge in [-0.15, -0.1) is 0 Å². The molecule has 0 radical (unpaired) electrons. The molecule has 2 atom stereocenters. The maximum atomic E-state index is 12.0. The maximum absolute atomic E-state index is 12.0. The van der Waals surface area contributed by atoms with Gasteiger partial charge in [-0.25, -0.2) is 9.79 Å². The molecule has 1 N–H and O–H groups in total. The van der Waals surface area contributed by atoms with Crippen LogP contribution in [0.15, 0.2) is 4.99 Å². The van der Waals surface area contributed by atoms with Gasteiger partial charge in [0.1, 0.15) is 0 Å². The van der Waals surface area contributed by atoms with Crippen LogP contribution in [0.1, 0.15) is 6.92 Å². The van der Waals surface area contributed by atoms with Crippen LogP contribution in [0.2, 0.25) is 0 Å². The summed E-state index contributed by atoms with van der Waals surface area (Å²) in [6.45, 7) is 2.45. The number of fused-ring (bicyclic) bond motifs is 1. The number of amidine groups is 1. The Morgan fingerprint density at radius 3 is 2.80 bits per heavy atom. The number of methoxy groups -OCH3 is 1. The summed E-state index contributed by atoms with van der Waals surface area (Å²) in [4.78, 5) is 42.3. The van der Waals surface area contributed by atoms with Crippen LogP contribution in [0.5, 0.6) is 0 Å². The number of hydrogen-bond acceptors (Lipinski definition) is 7. The van der Waals surface area contributed by atoms with Gasteiger partial charge in [0.2, 0.25) is 0 Å². The molecule has 0 aromatic carbocycles. The Balaban J connectivity index is 2.18. The Kier molecular flexibility index (Phi) is 4.17. The zero-order chi connectivity index (χ0) is 14.9. The van der Waals surface area contributed by atoms with Crippen LogP contribution in [0.4, 0.5) is 4.79 Å². The number of nitrogens with zero attached hydrogens (tertiary/aromatic N) is 3. The third-order valence-electron chi connectivity index (χ3n) is 3.21. The first kappa shape index (κ1) is 14.6. The number of ether oxygens (including phenoxy) is 1. The highest BCUT2D eigenvalue weighted by Crippen LogP contribution is 2.28. The first-order valence-electron chi connectivity index (χ1n) is 6.11. The molecule has 0 saturated carbocycles. The second kappa shape index (κ2) is 5.70. The van der Waals surface area contributed by atoms with E-state index in [1.165, 1.54) is 23.8 Å². The molecule has 0 aromatic rings. The summed E-state index contributed by atoms with van der Waals surface area (Å²) in [5.41, 5.74) is 0. The van der Waals surface area contributed by atoms with E-state index in [4.69, 9.17) is 0 Å². The second-order valence-corrected chi connectivity index (χ2v) is 5.27. The van der Waals surface area contributed by atoms with E-state index < -0.39 is 18.2 Å². The van der Waals surface area contributed by atoms with Crippen LogP contribution < -0.4 is 5.32 Å². The van der Waals surface area contributed by atoms with Crippen LogP contribution in [0, 0.1) is 0 Å². The van der Waals surface area contributed by atoms with Gasteiger partial charge >= 0.3 is 12.0 Å². The fourth-order valence-corrected chi connectivity index (χ4v) is 3.09. The molecule has 2 aliphatic rings. The van der Waals surface area contributed by atoms with Gasteiger partial charge in [-0.1, -0.05) is 11.8 Å². The average Bonchev–Trinajstić information content (AvgIpc) is 2.81. The standard InChI is InChI=1S/C11H16N4O4S/c1-4-15-7-8(14(2)10(18)13-9(7)17)12-11(15)20-5-6(16)19-3/h7-8H,4-5H2,1-3H3,(H,13,17,18). The minimum absolute atomic E-state index is 0.116. The minimum atomic E-state index is -0.545. The summed E-state index contributed by atoms with van der Waals surface area (Å²) < 4.78 is 4.58. The third kappa shape index (κ3) is 2.45. The SMILES string of the molecule is CCN1C(SCC(=O)OC)=NC2C1C(=O)NC(=O)N2C. The van der Waals surface area contributed by atoms with Gasteiger partial charge in [0.05, 0.1) is 12.9 Å². The van der Waals surface area contributed by atoms with Crippen molar-refractivity contribution in [2.45, 2.75) is 19.1 Å². The van der Waals surface area contributed by atoms with Gasteiger partial charge in [0.25, 0.3) is 5.91 Å². The second-order valence-electron chi connectivity index (χ2n) is 4.33. The molecule has 2 unspecified atom stereocenters. The Bertz CT molecular complexity index is 481. The van der Waals surface area contributed by atoms with Crippen molar-refractivity contribution in [3.05, 3.63) is 0 Å². The van der Waals surface area contributed by atoms with Gasteiger partial charge in [0.15, 0.2) is 17.4 Å². The molecular formula is C11H16N4O4S. The lowest BCUT2D eigenvalue weighted by molar-refractivity contribution is -0.137. The molecule has 1 saturated heterocycles. The van der Waals surface area contributed by atoms with Crippen molar-refractivity contribution in [2.24, 2.45) is 4.99 Å². The molecule has 20 heavy (non-hydrogen) atoms. The van der Waals surface area contributed by atoms with Crippen molar-refractivity contribution in [1.82, 2.24) is 15.1 Å². The number of thioether (sulfide) groups is 1. The molecule has 0 spiro atoms. The maximum Gasteiger partial charge on any atom is 0.325 e. The van der Waals surface area contributed by atoms with Crippen LogP contribution in [0.25, 0.3) is 0 Å². The van der Waals surface area contributed by atoms with Crippen molar-refractivity contribution in [3.63, 3.8) is 0 Å². The predicted molar refractivity (Wildman–Crippen MR) is 73.2 cm³/mol. The minimum Gasteiger partial charge on any atom is -0.468 e. The number of amides is 3.